The molecule has 2 aromatic rings. The highest BCUT2D eigenvalue weighted by molar-refractivity contribution is 7.13. The maximum absolute atomic E-state index is 12.6. The lowest BCUT2D eigenvalue weighted by Gasteiger charge is -2.16. The zero-order valence-electron chi connectivity index (χ0n) is 12.4. The van der Waals surface area contributed by atoms with Gasteiger partial charge in [-0.15, -0.1) is 23.7 Å². The van der Waals surface area contributed by atoms with Crippen molar-refractivity contribution >= 4 is 29.7 Å². The first-order valence-electron chi connectivity index (χ1n) is 7.15. The fourth-order valence-electron chi connectivity index (χ4n) is 2.97. The minimum absolute atomic E-state index is 0. The van der Waals surface area contributed by atoms with Crippen molar-refractivity contribution in [2.24, 2.45) is 11.7 Å². The molecule has 1 saturated heterocycles. The summed E-state index contributed by atoms with van der Waals surface area (Å²) < 4.78 is 0. The first-order valence-corrected chi connectivity index (χ1v) is 7.97. The van der Waals surface area contributed by atoms with Crippen molar-refractivity contribution in [2.45, 2.75) is 12.8 Å². The number of carbonyl (C=O) groups excluding carboxylic acids is 1. The van der Waals surface area contributed by atoms with Gasteiger partial charge in [-0.05, 0) is 24.9 Å². The molecule has 0 aliphatic carbocycles. The molecular formula is C16H20ClN3OS. The molecule has 2 atom stereocenters. The Labute approximate surface area is 140 Å². The van der Waals surface area contributed by atoms with Crippen molar-refractivity contribution in [1.29, 1.82) is 0 Å². The molecule has 6 heteroatoms. The van der Waals surface area contributed by atoms with E-state index in [1.807, 2.05) is 30.0 Å². The van der Waals surface area contributed by atoms with Gasteiger partial charge in [-0.2, -0.15) is 0 Å². The summed E-state index contributed by atoms with van der Waals surface area (Å²) in [6.07, 6.45) is 1.68. The second kappa shape index (κ2) is 7.22. The molecule has 1 aromatic heterocycles. The van der Waals surface area contributed by atoms with Crippen LogP contribution in [-0.2, 0) is 0 Å². The van der Waals surface area contributed by atoms with E-state index in [-0.39, 0.29) is 18.3 Å². The van der Waals surface area contributed by atoms with Crippen LogP contribution in [0.5, 0.6) is 0 Å². The Morgan fingerprint density at radius 2 is 2.09 bits per heavy atom. The van der Waals surface area contributed by atoms with Gasteiger partial charge >= 0.3 is 0 Å². The Balaban J connectivity index is 0.00000176. The summed E-state index contributed by atoms with van der Waals surface area (Å²) in [5.41, 5.74) is 7.19. The Morgan fingerprint density at radius 3 is 2.68 bits per heavy atom. The van der Waals surface area contributed by atoms with E-state index in [9.17, 15) is 4.79 Å². The van der Waals surface area contributed by atoms with Gasteiger partial charge in [0.15, 0.2) is 0 Å². The molecule has 3 rings (SSSR count). The number of nitrogens with zero attached hydrogens (tertiary/aromatic N) is 2. The molecule has 0 bridgehead atoms. The molecule has 1 amide bonds. The van der Waals surface area contributed by atoms with Crippen LogP contribution in [-0.4, -0.2) is 35.4 Å². The lowest BCUT2D eigenvalue weighted by Crippen LogP contribution is -2.29. The number of carbonyl (C=O) groups is 1. The average Bonchev–Trinajstić information content (AvgIpc) is 3.13. The summed E-state index contributed by atoms with van der Waals surface area (Å²) in [7, 11) is 0. The van der Waals surface area contributed by atoms with Gasteiger partial charge in [0.1, 0.15) is 4.88 Å². The van der Waals surface area contributed by atoms with E-state index in [1.54, 1.807) is 6.20 Å². The fourth-order valence-corrected chi connectivity index (χ4v) is 3.72. The molecule has 1 aliphatic heterocycles. The number of aryl methyl sites for hydroxylation is 1. The van der Waals surface area contributed by atoms with E-state index in [1.165, 1.54) is 16.9 Å². The minimum Gasteiger partial charge on any atom is -0.337 e. The number of likely N-dealkylation sites (tertiary alicyclic amines) is 1. The Kier molecular flexibility index (Phi) is 5.56. The zero-order valence-corrected chi connectivity index (χ0v) is 14.1. The van der Waals surface area contributed by atoms with Gasteiger partial charge < -0.3 is 10.6 Å². The summed E-state index contributed by atoms with van der Waals surface area (Å²) in [6, 6.07) is 10.3. The zero-order chi connectivity index (χ0) is 14.8. The molecule has 0 unspecified atom stereocenters. The van der Waals surface area contributed by atoms with Crippen LogP contribution in [0.4, 0.5) is 0 Å². The second-order valence-corrected chi connectivity index (χ2v) is 6.70. The van der Waals surface area contributed by atoms with E-state index < -0.39 is 0 Å². The van der Waals surface area contributed by atoms with Crippen LogP contribution < -0.4 is 5.73 Å². The molecule has 1 fully saturated rings. The second-order valence-electron chi connectivity index (χ2n) is 5.47. The monoisotopic (exact) mass is 337 g/mol. The molecule has 22 heavy (non-hydrogen) atoms. The van der Waals surface area contributed by atoms with E-state index in [2.05, 4.69) is 17.1 Å². The van der Waals surface area contributed by atoms with Gasteiger partial charge in [-0.1, -0.05) is 30.3 Å². The van der Waals surface area contributed by atoms with E-state index in [4.69, 9.17) is 5.73 Å². The van der Waals surface area contributed by atoms with Crippen LogP contribution in [0.15, 0.2) is 36.5 Å². The SMILES string of the molecule is Cc1ncc(C(=O)N2C[C@@H](CN)[C@H](c3ccccc3)C2)s1.Cl. The smallest absolute Gasteiger partial charge is 0.265 e. The number of hydrogen-bond donors (Lipinski definition) is 1. The Morgan fingerprint density at radius 1 is 1.36 bits per heavy atom. The van der Waals surface area contributed by atoms with Gasteiger partial charge in [0, 0.05) is 19.0 Å². The Bertz CT molecular complexity index is 631. The maximum atomic E-state index is 12.6. The van der Waals surface area contributed by atoms with Crippen LogP contribution in [0.1, 0.15) is 26.2 Å². The first-order chi connectivity index (χ1) is 10.2. The molecule has 0 spiro atoms. The standard InChI is InChI=1S/C16H19N3OS.ClH/c1-11-18-8-15(21-11)16(20)19-9-13(7-17)14(10-19)12-5-3-2-4-6-12;/h2-6,8,13-14H,7,9-10,17H2,1H3;1H/t13-,14+;/m1./s1. The number of hydrogen-bond acceptors (Lipinski definition) is 4. The predicted octanol–water partition coefficient (Wildman–Crippen LogP) is 2.69. The van der Waals surface area contributed by atoms with Gasteiger partial charge in [-0.3, -0.25) is 4.79 Å². The molecule has 0 radical (unpaired) electrons. The van der Waals surface area contributed by atoms with E-state index >= 15 is 0 Å². The van der Waals surface area contributed by atoms with Gasteiger partial charge in [-0.25, -0.2) is 4.98 Å². The van der Waals surface area contributed by atoms with Crippen LogP contribution in [0.2, 0.25) is 0 Å². The summed E-state index contributed by atoms with van der Waals surface area (Å²) in [5.74, 6) is 0.733. The quantitative estimate of drug-likeness (QED) is 0.936. The molecule has 2 heterocycles. The molecule has 118 valence electrons. The highest BCUT2D eigenvalue weighted by atomic mass is 35.5. The van der Waals surface area contributed by atoms with Crippen molar-refractivity contribution in [3.05, 3.63) is 52.0 Å². The summed E-state index contributed by atoms with van der Waals surface area (Å²) in [5, 5.41) is 0.924. The molecule has 2 N–H and O–H groups in total. The molecule has 1 aromatic carbocycles. The van der Waals surface area contributed by atoms with Gasteiger partial charge in [0.25, 0.3) is 5.91 Å². The first kappa shape index (κ1) is 16.9. The topological polar surface area (TPSA) is 59.2 Å². The fraction of sp³-hybridized carbons (Fsp3) is 0.375. The van der Waals surface area contributed by atoms with Crippen molar-refractivity contribution in [2.75, 3.05) is 19.6 Å². The molecule has 4 nitrogen and oxygen atoms in total. The number of thiazole rings is 1. The van der Waals surface area contributed by atoms with Crippen LogP contribution >= 0.6 is 23.7 Å². The third kappa shape index (κ3) is 3.32. The van der Waals surface area contributed by atoms with Crippen molar-refractivity contribution < 1.29 is 4.79 Å². The third-order valence-electron chi connectivity index (χ3n) is 4.09. The third-order valence-corrected chi connectivity index (χ3v) is 4.99. The van der Waals surface area contributed by atoms with Crippen molar-refractivity contribution in [1.82, 2.24) is 9.88 Å². The summed E-state index contributed by atoms with van der Waals surface area (Å²) in [6.45, 7) is 3.99. The maximum Gasteiger partial charge on any atom is 0.265 e. The lowest BCUT2D eigenvalue weighted by molar-refractivity contribution is 0.0791. The Hall–Kier alpha value is -1.43. The highest BCUT2D eigenvalue weighted by Crippen LogP contribution is 2.33. The number of halogens is 1. The van der Waals surface area contributed by atoms with Crippen molar-refractivity contribution in [3.8, 4) is 0 Å². The van der Waals surface area contributed by atoms with Crippen LogP contribution in [0, 0.1) is 12.8 Å². The molecule has 1 aliphatic rings. The minimum atomic E-state index is 0. The normalized spacial score (nSPS) is 20.7. The summed E-state index contributed by atoms with van der Waals surface area (Å²) in [4.78, 5) is 19.4. The molecular weight excluding hydrogens is 318 g/mol. The lowest BCUT2D eigenvalue weighted by atomic mass is 9.89. The number of rotatable bonds is 3. The van der Waals surface area contributed by atoms with E-state index in [0.717, 1.165) is 23.0 Å². The predicted molar refractivity (Wildman–Crippen MR) is 91.7 cm³/mol. The van der Waals surface area contributed by atoms with Crippen molar-refractivity contribution in [3.63, 3.8) is 0 Å². The number of nitrogens with two attached hydrogens (primary N) is 1. The number of aromatic nitrogens is 1. The average molecular weight is 338 g/mol. The van der Waals surface area contributed by atoms with Crippen LogP contribution in [0.3, 0.4) is 0 Å². The van der Waals surface area contributed by atoms with Gasteiger partial charge in [0.2, 0.25) is 0 Å². The van der Waals surface area contributed by atoms with Gasteiger partial charge in [0.05, 0.1) is 11.2 Å². The molecule has 0 saturated carbocycles. The number of amides is 1. The number of benzene rings is 1. The van der Waals surface area contributed by atoms with Crippen LogP contribution in [0.25, 0.3) is 0 Å². The van der Waals surface area contributed by atoms with E-state index in [0.29, 0.717) is 18.4 Å². The largest absolute Gasteiger partial charge is 0.337 e. The highest BCUT2D eigenvalue weighted by Gasteiger charge is 2.35. The summed E-state index contributed by atoms with van der Waals surface area (Å²) >= 11 is 1.45.